The lowest BCUT2D eigenvalue weighted by atomic mass is 10.2. The predicted molar refractivity (Wildman–Crippen MR) is 124 cm³/mol. The van der Waals surface area contributed by atoms with E-state index in [1.54, 1.807) is 29.2 Å². The number of nitrogens with two attached hydrogens (primary N) is 1. The Labute approximate surface area is 185 Å². The zero-order valence-electron chi connectivity index (χ0n) is 16.8. The number of anilines is 2. The summed E-state index contributed by atoms with van der Waals surface area (Å²) in [6.45, 7) is 2.39. The molecule has 158 valence electrons. The van der Waals surface area contributed by atoms with E-state index in [2.05, 4.69) is 15.4 Å². The molecule has 0 spiro atoms. The molecule has 0 bridgehead atoms. The van der Waals surface area contributed by atoms with Crippen molar-refractivity contribution in [1.29, 1.82) is 10.7 Å². The summed E-state index contributed by atoms with van der Waals surface area (Å²) in [6.07, 6.45) is 3.41. The molecule has 9 heteroatoms. The van der Waals surface area contributed by atoms with E-state index >= 15 is 0 Å². The molecule has 1 aliphatic rings. The monoisotopic (exact) mass is 435 g/mol. The highest BCUT2D eigenvalue weighted by molar-refractivity contribution is 6.45. The van der Waals surface area contributed by atoms with Crippen LogP contribution < -0.4 is 16.1 Å². The highest BCUT2D eigenvalue weighted by Gasteiger charge is 2.21. The number of hydrogen-bond donors (Lipinski definition) is 3. The number of rotatable bonds is 6. The molecule has 0 aliphatic carbocycles. The Bertz CT molecular complexity index is 1050. The van der Waals surface area contributed by atoms with Gasteiger partial charge in [0.1, 0.15) is 6.07 Å². The van der Waals surface area contributed by atoms with Crippen LogP contribution in [0, 0.1) is 16.7 Å². The molecule has 1 heterocycles. The average molecular weight is 436 g/mol. The van der Waals surface area contributed by atoms with Crippen LogP contribution in [-0.4, -0.2) is 48.5 Å². The third kappa shape index (κ3) is 5.84. The van der Waals surface area contributed by atoms with Gasteiger partial charge in [0, 0.05) is 37.3 Å². The molecular weight excluding hydrogens is 414 g/mol. The molecule has 2 aromatic rings. The Morgan fingerprint density at radius 1 is 1.19 bits per heavy atom. The average Bonchev–Trinajstić information content (AvgIpc) is 2.78. The summed E-state index contributed by atoms with van der Waals surface area (Å²) in [5, 5.41) is 20.8. The Morgan fingerprint density at radius 2 is 1.90 bits per heavy atom. The molecular formula is C22H22ClN7O. The fraction of sp³-hybridized carbons (Fsp3) is 0.182. The summed E-state index contributed by atoms with van der Waals surface area (Å²) in [5.74, 6) is -0.447. The van der Waals surface area contributed by atoms with Crippen molar-refractivity contribution in [1.82, 2.24) is 4.90 Å². The van der Waals surface area contributed by atoms with Crippen molar-refractivity contribution in [3.05, 3.63) is 65.2 Å². The van der Waals surface area contributed by atoms with E-state index in [1.807, 2.05) is 42.5 Å². The van der Waals surface area contributed by atoms with E-state index in [4.69, 9.17) is 28.0 Å². The van der Waals surface area contributed by atoms with E-state index in [0.717, 1.165) is 11.3 Å². The Kier molecular flexibility index (Phi) is 7.25. The van der Waals surface area contributed by atoms with E-state index in [9.17, 15) is 4.79 Å². The van der Waals surface area contributed by atoms with Gasteiger partial charge in [0.05, 0.1) is 11.4 Å². The number of nitrogens with one attached hydrogen (secondary N) is 2. The normalized spacial score (nSPS) is 14.4. The lowest BCUT2D eigenvalue weighted by Crippen LogP contribution is -2.48. The third-order valence-electron chi connectivity index (χ3n) is 4.76. The number of carbonyl (C=O) groups is 1. The first-order valence-electron chi connectivity index (χ1n) is 9.62. The number of piperazine rings is 1. The summed E-state index contributed by atoms with van der Waals surface area (Å²) in [7, 11) is 0. The molecule has 0 aromatic heterocycles. The first-order chi connectivity index (χ1) is 15.0. The largest absolute Gasteiger partial charge is 0.382 e. The molecule has 1 amide bonds. The van der Waals surface area contributed by atoms with Crippen molar-refractivity contribution in [2.24, 2.45) is 10.8 Å². The van der Waals surface area contributed by atoms with Crippen LogP contribution in [0.15, 0.2) is 59.7 Å². The van der Waals surface area contributed by atoms with Crippen LogP contribution in [0.4, 0.5) is 11.4 Å². The van der Waals surface area contributed by atoms with Crippen LogP contribution in [0.5, 0.6) is 0 Å². The predicted octanol–water partition coefficient (Wildman–Crippen LogP) is 2.93. The van der Waals surface area contributed by atoms with Gasteiger partial charge in [0.25, 0.3) is 0 Å². The van der Waals surface area contributed by atoms with Crippen LogP contribution >= 0.6 is 11.6 Å². The summed E-state index contributed by atoms with van der Waals surface area (Å²) < 4.78 is 0. The van der Waals surface area contributed by atoms with E-state index in [-0.39, 0.29) is 11.6 Å². The van der Waals surface area contributed by atoms with E-state index in [1.165, 1.54) is 0 Å². The molecule has 0 saturated carbocycles. The molecule has 3 rings (SSSR count). The minimum Gasteiger partial charge on any atom is -0.382 e. The molecule has 1 aliphatic heterocycles. The van der Waals surface area contributed by atoms with Crippen molar-refractivity contribution in [2.75, 3.05) is 36.5 Å². The minimum atomic E-state index is -0.422. The highest BCUT2D eigenvalue weighted by Crippen LogP contribution is 2.30. The van der Waals surface area contributed by atoms with Crippen molar-refractivity contribution in [3.8, 4) is 6.07 Å². The number of hydrazone groups is 1. The van der Waals surface area contributed by atoms with Gasteiger partial charge in [-0.25, -0.2) is 0 Å². The van der Waals surface area contributed by atoms with Crippen molar-refractivity contribution < 1.29 is 4.79 Å². The van der Waals surface area contributed by atoms with Gasteiger partial charge in [-0.3, -0.25) is 15.6 Å². The lowest BCUT2D eigenvalue weighted by Gasteiger charge is -2.36. The van der Waals surface area contributed by atoms with Crippen molar-refractivity contribution >= 4 is 46.5 Å². The molecule has 0 atom stereocenters. The lowest BCUT2D eigenvalue weighted by molar-refractivity contribution is -0.126. The number of carbonyl (C=O) groups excluding carboxylic acids is 1. The Balaban J connectivity index is 1.66. The van der Waals surface area contributed by atoms with Crippen LogP contribution in [0.3, 0.4) is 0 Å². The van der Waals surface area contributed by atoms with Crippen molar-refractivity contribution in [3.63, 3.8) is 0 Å². The quantitative estimate of drug-likeness (QED) is 0.279. The van der Waals surface area contributed by atoms with Gasteiger partial charge < -0.3 is 15.5 Å². The standard InChI is InChI=1S/C22H22ClN7O/c23-17-7-8-20(18(14-17)27-28-19(15-24)22(25)26)29-10-12-30(13-11-29)21(31)9-6-16-4-2-1-3-5-16/h1-9,14,27H,10-13H2,(H3,25,26)/b9-6?,28-19+. The maximum atomic E-state index is 12.5. The first-order valence-corrected chi connectivity index (χ1v) is 10.0. The van der Waals surface area contributed by atoms with Crippen LogP contribution in [-0.2, 0) is 4.79 Å². The van der Waals surface area contributed by atoms with Gasteiger partial charge in [0.15, 0.2) is 5.84 Å². The van der Waals surface area contributed by atoms with Crippen LogP contribution in [0.25, 0.3) is 6.08 Å². The van der Waals surface area contributed by atoms with Gasteiger partial charge in [0.2, 0.25) is 11.6 Å². The number of nitriles is 1. The smallest absolute Gasteiger partial charge is 0.246 e. The zero-order chi connectivity index (χ0) is 22.2. The summed E-state index contributed by atoms with van der Waals surface area (Å²) in [6, 6.07) is 16.8. The number of benzene rings is 2. The van der Waals surface area contributed by atoms with E-state index < -0.39 is 5.84 Å². The van der Waals surface area contributed by atoms with Gasteiger partial charge in [-0.1, -0.05) is 41.9 Å². The van der Waals surface area contributed by atoms with Crippen LogP contribution in [0.2, 0.25) is 5.02 Å². The maximum absolute atomic E-state index is 12.5. The molecule has 0 radical (unpaired) electrons. The number of halogens is 1. The number of amides is 1. The van der Waals surface area contributed by atoms with Gasteiger partial charge in [-0.05, 0) is 29.8 Å². The molecule has 2 aromatic carbocycles. The van der Waals surface area contributed by atoms with Crippen LogP contribution in [0.1, 0.15) is 5.56 Å². The SMILES string of the molecule is N#C/C(=N\Nc1cc(Cl)ccc1N1CCN(C(=O)C=Cc2ccccc2)CC1)C(=N)N. The number of nitrogens with zero attached hydrogens (tertiary/aromatic N) is 4. The Morgan fingerprint density at radius 3 is 2.55 bits per heavy atom. The second-order valence-electron chi connectivity index (χ2n) is 6.82. The molecule has 8 nitrogen and oxygen atoms in total. The fourth-order valence-electron chi connectivity index (χ4n) is 3.14. The third-order valence-corrected chi connectivity index (χ3v) is 4.99. The second-order valence-corrected chi connectivity index (χ2v) is 7.25. The van der Waals surface area contributed by atoms with Gasteiger partial charge in [-0.15, -0.1) is 0 Å². The minimum absolute atomic E-state index is 0.0253. The zero-order valence-corrected chi connectivity index (χ0v) is 17.5. The maximum Gasteiger partial charge on any atom is 0.246 e. The second kappa shape index (κ2) is 10.3. The summed E-state index contributed by atoms with van der Waals surface area (Å²) >= 11 is 6.12. The summed E-state index contributed by atoms with van der Waals surface area (Å²) in [4.78, 5) is 16.4. The molecule has 4 N–H and O–H groups in total. The fourth-order valence-corrected chi connectivity index (χ4v) is 3.31. The van der Waals surface area contributed by atoms with Gasteiger partial charge in [-0.2, -0.15) is 10.4 Å². The topological polar surface area (TPSA) is 122 Å². The van der Waals surface area contributed by atoms with E-state index in [0.29, 0.717) is 36.9 Å². The Hall–Kier alpha value is -3.83. The van der Waals surface area contributed by atoms with Crippen molar-refractivity contribution in [2.45, 2.75) is 0 Å². The summed E-state index contributed by atoms with van der Waals surface area (Å²) in [5.41, 5.74) is 10.3. The number of amidine groups is 1. The molecule has 31 heavy (non-hydrogen) atoms. The molecule has 0 unspecified atom stereocenters. The number of hydrogen-bond acceptors (Lipinski definition) is 6. The first kappa shape index (κ1) is 21.9. The molecule has 1 fully saturated rings. The highest BCUT2D eigenvalue weighted by atomic mass is 35.5. The molecule has 1 saturated heterocycles. The van der Waals surface area contributed by atoms with Gasteiger partial charge >= 0.3 is 0 Å².